The number of nitrogens with zero attached hydrogens (tertiary/aromatic N) is 3. The molecule has 5 heteroatoms. The highest BCUT2D eigenvalue weighted by molar-refractivity contribution is 5.99. The van der Waals surface area contributed by atoms with Gasteiger partial charge >= 0.3 is 0 Å². The van der Waals surface area contributed by atoms with Crippen LogP contribution in [-0.2, 0) is 6.54 Å². The average Bonchev–Trinajstić information content (AvgIpc) is 3.03. The van der Waals surface area contributed by atoms with E-state index in [2.05, 4.69) is 57.4 Å². The zero-order valence-corrected chi connectivity index (χ0v) is 14.0. The lowest BCUT2D eigenvalue weighted by Gasteiger charge is -2.32. The molecule has 124 valence electrons. The number of hydrogen-bond donors (Lipinski definition) is 2. The fourth-order valence-corrected chi connectivity index (χ4v) is 3.41. The van der Waals surface area contributed by atoms with Crippen LogP contribution in [0.2, 0.25) is 0 Å². The Bertz CT molecular complexity index is 846. The van der Waals surface area contributed by atoms with E-state index in [4.69, 9.17) is 5.73 Å². The third kappa shape index (κ3) is 2.77. The van der Waals surface area contributed by atoms with Crippen LogP contribution < -0.4 is 5.73 Å². The van der Waals surface area contributed by atoms with Gasteiger partial charge < -0.3 is 10.6 Å². The van der Waals surface area contributed by atoms with Gasteiger partial charge in [0.25, 0.3) is 0 Å². The lowest BCUT2D eigenvalue weighted by molar-refractivity contribution is 0.148. The summed E-state index contributed by atoms with van der Waals surface area (Å²) < 4.78 is 0. The van der Waals surface area contributed by atoms with Gasteiger partial charge in [0.2, 0.25) is 0 Å². The van der Waals surface area contributed by atoms with Crippen LogP contribution in [-0.4, -0.2) is 53.2 Å². The minimum Gasteiger partial charge on any atom is -0.397 e. The highest BCUT2D eigenvalue weighted by atomic mass is 15.2. The molecule has 3 aromatic rings. The number of rotatable bonds is 3. The van der Waals surface area contributed by atoms with Crippen LogP contribution in [0.3, 0.4) is 0 Å². The maximum absolute atomic E-state index is 6.06. The van der Waals surface area contributed by atoms with E-state index in [9.17, 15) is 0 Å². The van der Waals surface area contributed by atoms with E-state index in [1.807, 2.05) is 12.1 Å². The first-order valence-electron chi connectivity index (χ1n) is 8.44. The summed E-state index contributed by atoms with van der Waals surface area (Å²) >= 11 is 0. The van der Waals surface area contributed by atoms with Crippen LogP contribution in [0.4, 0.5) is 5.69 Å². The number of hydrogen-bond acceptors (Lipinski definition) is 4. The number of fused-ring (bicyclic) bond motifs is 1. The molecular weight excluding hydrogens is 298 g/mol. The minimum absolute atomic E-state index is 0.739. The molecule has 1 aliphatic heterocycles. The number of para-hydroxylation sites is 1. The van der Waals surface area contributed by atoms with Crippen LogP contribution in [0.15, 0.2) is 42.5 Å². The number of likely N-dealkylation sites (N-methyl/N-ethyl adjacent to an activating group) is 1. The molecule has 3 N–H and O–H groups in total. The Labute approximate surface area is 142 Å². The summed E-state index contributed by atoms with van der Waals surface area (Å²) in [5.41, 5.74) is 11.2. The molecular formula is C19H23N5. The lowest BCUT2D eigenvalue weighted by Crippen LogP contribution is -2.43. The van der Waals surface area contributed by atoms with Gasteiger partial charge in [-0.1, -0.05) is 36.4 Å². The van der Waals surface area contributed by atoms with Crippen LogP contribution in [0.5, 0.6) is 0 Å². The largest absolute Gasteiger partial charge is 0.397 e. The Kier molecular flexibility index (Phi) is 3.96. The van der Waals surface area contributed by atoms with Crippen LogP contribution in [0.1, 0.15) is 5.56 Å². The Hall–Kier alpha value is -2.37. The van der Waals surface area contributed by atoms with Crippen LogP contribution >= 0.6 is 0 Å². The predicted octanol–water partition coefficient (Wildman–Crippen LogP) is 2.56. The van der Waals surface area contributed by atoms with Crippen molar-refractivity contribution in [3.8, 4) is 11.3 Å². The molecule has 0 spiro atoms. The molecule has 5 nitrogen and oxygen atoms in total. The van der Waals surface area contributed by atoms with E-state index in [1.54, 1.807) is 0 Å². The molecule has 1 aliphatic rings. The molecule has 0 radical (unpaired) electrons. The van der Waals surface area contributed by atoms with Crippen molar-refractivity contribution in [1.29, 1.82) is 0 Å². The van der Waals surface area contributed by atoms with E-state index in [1.165, 1.54) is 11.1 Å². The second-order valence-electron chi connectivity index (χ2n) is 6.58. The van der Waals surface area contributed by atoms with Gasteiger partial charge in [0.15, 0.2) is 0 Å². The molecule has 1 fully saturated rings. The topological polar surface area (TPSA) is 61.2 Å². The molecule has 1 aromatic heterocycles. The maximum Gasteiger partial charge on any atom is 0.100 e. The molecule has 2 aromatic carbocycles. The number of nitrogen functional groups attached to an aromatic ring is 1. The van der Waals surface area contributed by atoms with Crippen molar-refractivity contribution in [2.45, 2.75) is 6.54 Å². The quantitative estimate of drug-likeness (QED) is 0.728. The monoisotopic (exact) mass is 321 g/mol. The van der Waals surface area contributed by atoms with E-state index >= 15 is 0 Å². The van der Waals surface area contributed by atoms with Crippen molar-refractivity contribution < 1.29 is 0 Å². The maximum atomic E-state index is 6.06. The summed E-state index contributed by atoms with van der Waals surface area (Å²) in [6.45, 7) is 5.44. The van der Waals surface area contributed by atoms with Gasteiger partial charge in [-0.25, -0.2) is 0 Å². The second-order valence-corrected chi connectivity index (χ2v) is 6.58. The van der Waals surface area contributed by atoms with Crippen molar-refractivity contribution in [3.63, 3.8) is 0 Å². The smallest absolute Gasteiger partial charge is 0.100 e. The molecule has 4 rings (SSSR count). The minimum atomic E-state index is 0.739. The zero-order valence-electron chi connectivity index (χ0n) is 14.0. The standard InChI is InChI=1S/C19H23N5/c1-23-9-11-24(12-10-23)13-14-5-2-3-6-15(14)18-16-7-4-8-17(20)19(16)22-21-18/h2-8H,9-13,20H2,1H3,(H,21,22). The number of anilines is 1. The highest BCUT2D eigenvalue weighted by Crippen LogP contribution is 2.31. The van der Waals surface area contributed by atoms with Crippen molar-refractivity contribution in [3.05, 3.63) is 48.0 Å². The molecule has 0 bridgehead atoms. The molecule has 0 atom stereocenters. The van der Waals surface area contributed by atoms with Gasteiger partial charge in [-0.05, 0) is 18.7 Å². The predicted molar refractivity (Wildman–Crippen MR) is 98.7 cm³/mol. The first-order chi connectivity index (χ1) is 11.7. The third-order valence-corrected chi connectivity index (χ3v) is 4.89. The SMILES string of the molecule is CN1CCN(Cc2ccccc2-c2n[nH]c3c(N)cccc23)CC1. The summed E-state index contributed by atoms with van der Waals surface area (Å²) in [4.78, 5) is 4.90. The van der Waals surface area contributed by atoms with Gasteiger partial charge in [0, 0.05) is 43.7 Å². The molecule has 0 saturated carbocycles. The number of nitrogens with one attached hydrogen (secondary N) is 1. The van der Waals surface area contributed by atoms with Crippen molar-refractivity contribution in [1.82, 2.24) is 20.0 Å². The number of benzene rings is 2. The molecule has 0 amide bonds. The van der Waals surface area contributed by atoms with Crippen LogP contribution in [0, 0.1) is 0 Å². The van der Waals surface area contributed by atoms with E-state index in [0.29, 0.717) is 0 Å². The van der Waals surface area contributed by atoms with Gasteiger partial charge in [0.1, 0.15) is 5.69 Å². The fraction of sp³-hybridized carbons (Fsp3) is 0.316. The van der Waals surface area contributed by atoms with E-state index in [-0.39, 0.29) is 0 Å². The summed E-state index contributed by atoms with van der Waals surface area (Å²) in [6.07, 6.45) is 0. The summed E-state index contributed by atoms with van der Waals surface area (Å²) in [5, 5.41) is 8.74. The first kappa shape index (κ1) is 15.2. The summed E-state index contributed by atoms with van der Waals surface area (Å²) in [5.74, 6) is 0. The van der Waals surface area contributed by atoms with Gasteiger partial charge in [-0.3, -0.25) is 10.00 Å². The third-order valence-electron chi connectivity index (χ3n) is 4.89. The molecule has 0 unspecified atom stereocenters. The van der Waals surface area contributed by atoms with Crippen molar-refractivity contribution in [2.24, 2.45) is 0 Å². The molecule has 1 saturated heterocycles. The van der Waals surface area contributed by atoms with Crippen LogP contribution in [0.25, 0.3) is 22.2 Å². The zero-order chi connectivity index (χ0) is 16.5. The molecule has 0 aliphatic carbocycles. The highest BCUT2D eigenvalue weighted by Gasteiger charge is 2.17. The second kappa shape index (κ2) is 6.26. The number of aromatic nitrogens is 2. The first-order valence-corrected chi connectivity index (χ1v) is 8.44. The Morgan fingerprint density at radius 3 is 2.67 bits per heavy atom. The number of aromatic amines is 1. The Morgan fingerprint density at radius 2 is 1.83 bits per heavy atom. The van der Waals surface area contributed by atoms with Gasteiger partial charge in [-0.2, -0.15) is 5.10 Å². The Morgan fingerprint density at radius 1 is 1.04 bits per heavy atom. The van der Waals surface area contributed by atoms with Gasteiger partial charge in [-0.15, -0.1) is 0 Å². The number of piperazine rings is 1. The normalized spacial score (nSPS) is 16.7. The lowest BCUT2D eigenvalue weighted by atomic mass is 10.0. The van der Waals surface area contributed by atoms with Crippen molar-refractivity contribution in [2.75, 3.05) is 39.0 Å². The fourth-order valence-electron chi connectivity index (χ4n) is 3.41. The average molecular weight is 321 g/mol. The van der Waals surface area contributed by atoms with E-state index in [0.717, 1.165) is 55.0 Å². The number of H-pyrrole nitrogens is 1. The van der Waals surface area contributed by atoms with Gasteiger partial charge in [0.05, 0.1) is 11.2 Å². The van der Waals surface area contributed by atoms with Crippen molar-refractivity contribution >= 4 is 16.6 Å². The molecule has 2 heterocycles. The summed E-state index contributed by atoms with van der Waals surface area (Å²) in [6, 6.07) is 14.5. The number of nitrogens with two attached hydrogens (primary N) is 1. The summed E-state index contributed by atoms with van der Waals surface area (Å²) in [7, 11) is 2.19. The Balaban J connectivity index is 1.69. The van der Waals surface area contributed by atoms with E-state index < -0.39 is 0 Å². The molecule has 24 heavy (non-hydrogen) atoms.